The van der Waals surface area contributed by atoms with E-state index in [9.17, 15) is 4.79 Å². The van der Waals surface area contributed by atoms with Crippen LogP contribution in [0.1, 0.15) is 10.4 Å². The lowest BCUT2D eigenvalue weighted by atomic mass is 10.1. The third-order valence-electron chi connectivity index (χ3n) is 3.82. The highest BCUT2D eigenvalue weighted by Crippen LogP contribution is 2.17. The molecule has 0 bridgehead atoms. The van der Waals surface area contributed by atoms with Crippen LogP contribution in [0.25, 0.3) is 11.4 Å². The first-order valence-corrected chi connectivity index (χ1v) is 7.65. The fourth-order valence-electron chi connectivity index (χ4n) is 2.72. The number of benzene rings is 1. The average Bonchev–Trinajstić information content (AvgIpc) is 3.08. The number of hydrogen-bond acceptors (Lipinski definition) is 5. The molecule has 7 nitrogen and oxygen atoms in total. The first-order chi connectivity index (χ1) is 11.1. The quantitative estimate of drug-likeness (QED) is 0.906. The van der Waals surface area contributed by atoms with Crippen molar-refractivity contribution in [1.82, 2.24) is 25.0 Å². The Morgan fingerprint density at radius 1 is 1.39 bits per heavy atom. The molecule has 1 atom stereocenters. The Labute approximate surface area is 135 Å². The van der Waals surface area contributed by atoms with Crippen LogP contribution in [-0.2, 0) is 4.74 Å². The van der Waals surface area contributed by atoms with Crippen LogP contribution >= 0.6 is 0 Å². The molecule has 1 aliphatic rings. The predicted octanol–water partition coefficient (Wildman–Crippen LogP) is 0.874. The summed E-state index contributed by atoms with van der Waals surface area (Å²) in [4.78, 5) is 20.7. The number of likely N-dealkylation sites (N-methyl/N-ethyl adjacent to an activating group) is 1. The molecule has 1 aromatic heterocycles. The molecule has 1 amide bonds. The number of hydrogen-bond donors (Lipinski definition) is 1. The molecule has 1 N–H and O–H groups in total. The Morgan fingerprint density at radius 3 is 2.83 bits per heavy atom. The van der Waals surface area contributed by atoms with Crippen molar-refractivity contribution >= 4 is 5.91 Å². The summed E-state index contributed by atoms with van der Waals surface area (Å²) in [5, 5.41) is 6.64. The van der Waals surface area contributed by atoms with Gasteiger partial charge in [-0.25, -0.2) is 4.98 Å². The molecule has 122 valence electrons. The summed E-state index contributed by atoms with van der Waals surface area (Å²) in [5.74, 6) is 0.739. The Morgan fingerprint density at radius 2 is 2.17 bits per heavy atom. The van der Waals surface area contributed by atoms with Crippen LogP contribution in [0.15, 0.2) is 30.6 Å². The highest BCUT2D eigenvalue weighted by Gasteiger charge is 2.25. The van der Waals surface area contributed by atoms with Crippen molar-refractivity contribution in [1.29, 1.82) is 0 Å². The molecule has 3 rings (SSSR count). The maximum atomic E-state index is 12.6. The highest BCUT2D eigenvalue weighted by molar-refractivity contribution is 5.94. The maximum absolute atomic E-state index is 12.6. The lowest BCUT2D eigenvalue weighted by molar-refractivity contribution is -0.0306. The van der Waals surface area contributed by atoms with Crippen LogP contribution in [0.3, 0.4) is 0 Å². The maximum Gasteiger partial charge on any atom is 0.254 e. The molecule has 1 aromatic carbocycles. The summed E-state index contributed by atoms with van der Waals surface area (Å²) in [6.07, 6.45) is 1.53. The topological polar surface area (TPSA) is 74.4 Å². The molecule has 7 heteroatoms. The van der Waals surface area contributed by atoms with Crippen LogP contribution in [-0.4, -0.2) is 77.3 Å². The van der Waals surface area contributed by atoms with Gasteiger partial charge in [-0.05, 0) is 26.2 Å². The first-order valence-electron chi connectivity index (χ1n) is 7.65. The van der Waals surface area contributed by atoms with Gasteiger partial charge in [-0.2, -0.15) is 5.10 Å². The second-order valence-electron chi connectivity index (χ2n) is 5.92. The number of rotatable bonds is 4. The van der Waals surface area contributed by atoms with Crippen molar-refractivity contribution in [2.45, 2.75) is 6.10 Å². The van der Waals surface area contributed by atoms with Gasteiger partial charge in [0.25, 0.3) is 5.91 Å². The molecule has 1 aliphatic heterocycles. The number of aromatic amines is 1. The van der Waals surface area contributed by atoms with Gasteiger partial charge in [0, 0.05) is 30.8 Å². The lowest BCUT2D eigenvalue weighted by Gasteiger charge is -2.34. The van der Waals surface area contributed by atoms with E-state index >= 15 is 0 Å². The van der Waals surface area contributed by atoms with Gasteiger partial charge in [-0.15, -0.1) is 0 Å². The fourth-order valence-corrected chi connectivity index (χ4v) is 2.72. The Balaban J connectivity index is 1.67. The van der Waals surface area contributed by atoms with Gasteiger partial charge in [0.15, 0.2) is 5.82 Å². The Kier molecular flexibility index (Phi) is 4.68. The van der Waals surface area contributed by atoms with Crippen molar-refractivity contribution in [3.63, 3.8) is 0 Å². The smallest absolute Gasteiger partial charge is 0.254 e. The second-order valence-corrected chi connectivity index (χ2v) is 5.92. The van der Waals surface area contributed by atoms with Crippen molar-refractivity contribution in [2.24, 2.45) is 0 Å². The molecule has 1 unspecified atom stereocenters. The van der Waals surface area contributed by atoms with E-state index in [1.165, 1.54) is 6.33 Å². The molecule has 2 heterocycles. The van der Waals surface area contributed by atoms with E-state index in [1.54, 1.807) is 0 Å². The number of nitrogens with one attached hydrogen (secondary N) is 1. The molecule has 0 radical (unpaired) electrons. The number of amides is 1. The van der Waals surface area contributed by atoms with Gasteiger partial charge < -0.3 is 14.5 Å². The zero-order chi connectivity index (χ0) is 16.2. The SMILES string of the molecule is CN(C)CC1CN(C(=O)c2ccc(-c3ncn[nH]3)cc2)CCO1. The van der Waals surface area contributed by atoms with Crippen LogP contribution < -0.4 is 0 Å². The second kappa shape index (κ2) is 6.89. The normalized spacial score (nSPS) is 18.4. The Hall–Kier alpha value is -2.25. The van der Waals surface area contributed by atoms with Crippen molar-refractivity contribution < 1.29 is 9.53 Å². The third-order valence-corrected chi connectivity index (χ3v) is 3.82. The van der Waals surface area contributed by atoms with Gasteiger partial charge in [-0.3, -0.25) is 9.89 Å². The highest BCUT2D eigenvalue weighted by atomic mass is 16.5. The number of carbonyl (C=O) groups excluding carboxylic acids is 1. The van der Waals surface area contributed by atoms with Gasteiger partial charge >= 0.3 is 0 Å². The molecular formula is C16H21N5O2. The molecule has 0 saturated carbocycles. The van der Waals surface area contributed by atoms with Gasteiger partial charge in [0.2, 0.25) is 0 Å². The third kappa shape index (κ3) is 3.75. The van der Waals surface area contributed by atoms with Crippen LogP contribution in [0, 0.1) is 0 Å². The van der Waals surface area contributed by atoms with Crippen LogP contribution in [0.2, 0.25) is 0 Å². The van der Waals surface area contributed by atoms with Crippen molar-refractivity contribution in [3.8, 4) is 11.4 Å². The molecule has 23 heavy (non-hydrogen) atoms. The largest absolute Gasteiger partial charge is 0.373 e. The minimum atomic E-state index is 0.0428. The van der Waals surface area contributed by atoms with Crippen molar-refractivity contribution in [3.05, 3.63) is 36.2 Å². The van der Waals surface area contributed by atoms with E-state index in [4.69, 9.17) is 4.74 Å². The van der Waals surface area contributed by atoms with E-state index in [2.05, 4.69) is 20.1 Å². The lowest BCUT2D eigenvalue weighted by Crippen LogP contribution is -2.48. The predicted molar refractivity (Wildman–Crippen MR) is 86.0 cm³/mol. The first kappa shape index (κ1) is 15.6. The molecular weight excluding hydrogens is 294 g/mol. The number of ether oxygens (including phenoxy) is 1. The monoisotopic (exact) mass is 315 g/mol. The van der Waals surface area contributed by atoms with Crippen LogP contribution in [0.5, 0.6) is 0 Å². The summed E-state index contributed by atoms with van der Waals surface area (Å²) in [7, 11) is 4.01. The minimum Gasteiger partial charge on any atom is -0.373 e. The summed E-state index contributed by atoms with van der Waals surface area (Å²) in [5.41, 5.74) is 1.59. The number of aromatic nitrogens is 3. The number of carbonyl (C=O) groups is 1. The molecule has 0 aliphatic carbocycles. The van der Waals surface area contributed by atoms with E-state index in [1.807, 2.05) is 43.3 Å². The molecule has 0 spiro atoms. The van der Waals surface area contributed by atoms with E-state index in [-0.39, 0.29) is 12.0 Å². The summed E-state index contributed by atoms with van der Waals surface area (Å²) < 4.78 is 5.72. The zero-order valence-electron chi connectivity index (χ0n) is 13.4. The standard InChI is InChI=1S/C16H21N5O2/c1-20(2)9-14-10-21(7-8-23-14)16(22)13-5-3-12(4-6-13)15-17-11-18-19-15/h3-6,11,14H,7-10H2,1-2H3,(H,17,18,19). The van der Waals surface area contributed by atoms with Gasteiger partial charge in [0.05, 0.1) is 12.7 Å². The van der Waals surface area contributed by atoms with Gasteiger partial charge in [-0.1, -0.05) is 12.1 Å². The van der Waals surface area contributed by atoms with E-state index in [0.717, 1.165) is 12.1 Å². The van der Waals surface area contributed by atoms with Crippen LogP contribution in [0.4, 0.5) is 0 Å². The summed E-state index contributed by atoms with van der Waals surface area (Å²) in [6.45, 7) is 2.65. The zero-order valence-corrected chi connectivity index (χ0v) is 13.4. The number of morpholine rings is 1. The number of nitrogens with zero attached hydrogens (tertiary/aromatic N) is 4. The molecule has 2 aromatic rings. The van der Waals surface area contributed by atoms with Crippen molar-refractivity contribution in [2.75, 3.05) is 40.3 Å². The molecule has 1 fully saturated rings. The van der Waals surface area contributed by atoms with Gasteiger partial charge in [0.1, 0.15) is 6.33 Å². The van der Waals surface area contributed by atoms with E-state index < -0.39 is 0 Å². The molecule has 1 saturated heterocycles. The Bertz CT molecular complexity index is 639. The fraction of sp³-hybridized carbons (Fsp3) is 0.438. The summed E-state index contributed by atoms with van der Waals surface area (Å²) >= 11 is 0. The summed E-state index contributed by atoms with van der Waals surface area (Å²) in [6, 6.07) is 7.42. The number of H-pyrrole nitrogens is 1. The minimum absolute atomic E-state index is 0.0428. The average molecular weight is 315 g/mol. The van der Waals surface area contributed by atoms with E-state index in [0.29, 0.717) is 31.1 Å².